The number of benzene rings is 1. The van der Waals surface area contributed by atoms with Crippen molar-refractivity contribution < 1.29 is 33.0 Å². The van der Waals surface area contributed by atoms with Crippen molar-refractivity contribution in [2.45, 2.75) is 55.3 Å². The first-order valence-corrected chi connectivity index (χ1v) is 15.1. The summed E-state index contributed by atoms with van der Waals surface area (Å²) in [5.74, 6) is -0.620. The number of aryl methyl sites for hydroxylation is 1. The van der Waals surface area contributed by atoms with Gasteiger partial charge in [0, 0.05) is 24.6 Å². The zero-order valence-electron chi connectivity index (χ0n) is 21.0. The molecule has 3 rings (SSSR count). The van der Waals surface area contributed by atoms with Crippen LogP contribution in [0.4, 0.5) is 0 Å². The van der Waals surface area contributed by atoms with E-state index in [4.69, 9.17) is 13.8 Å². The minimum Gasteiger partial charge on any atom is -0.424 e. The highest BCUT2D eigenvalue weighted by Crippen LogP contribution is 2.53. The van der Waals surface area contributed by atoms with Gasteiger partial charge in [0.15, 0.2) is 9.46 Å². The SMILES string of the molecule is CC(=O)CCc1ccccc1OP(=O)(C[C@@H](C)C(C)=O)OC[C@H]1O[C@@H](n2ccc(=O)[nH]c2=O)C(Br)(Br)[C@H]1O. The number of para-hydroxylation sites is 1. The molecule has 0 amide bonds. The highest BCUT2D eigenvalue weighted by molar-refractivity contribution is 9.25. The summed E-state index contributed by atoms with van der Waals surface area (Å²) in [7, 11) is -4.00. The molecular formula is C24H29Br2N2O9P. The molecule has 1 unspecified atom stereocenters. The molecule has 2 aromatic rings. The van der Waals surface area contributed by atoms with Gasteiger partial charge in [0.1, 0.15) is 29.5 Å². The van der Waals surface area contributed by atoms with Crippen LogP contribution in [0.3, 0.4) is 0 Å². The van der Waals surface area contributed by atoms with Gasteiger partial charge in [-0.2, -0.15) is 0 Å². The molecule has 1 fully saturated rings. The van der Waals surface area contributed by atoms with Gasteiger partial charge in [-0.15, -0.1) is 0 Å². The largest absolute Gasteiger partial charge is 0.424 e. The van der Waals surface area contributed by atoms with Crippen molar-refractivity contribution in [1.29, 1.82) is 0 Å². The lowest BCUT2D eigenvalue weighted by Crippen LogP contribution is -2.40. The van der Waals surface area contributed by atoms with Crippen LogP contribution < -0.4 is 15.8 Å². The van der Waals surface area contributed by atoms with Gasteiger partial charge in [-0.25, -0.2) is 9.36 Å². The van der Waals surface area contributed by atoms with Gasteiger partial charge in [-0.3, -0.25) is 23.7 Å². The maximum absolute atomic E-state index is 13.9. The number of H-pyrrole nitrogens is 1. The first-order chi connectivity index (χ1) is 17.7. The predicted molar refractivity (Wildman–Crippen MR) is 146 cm³/mol. The van der Waals surface area contributed by atoms with Crippen molar-refractivity contribution >= 4 is 51.0 Å². The number of aromatic amines is 1. The number of ketones is 2. The quantitative estimate of drug-likeness (QED) is 0.254. The molecule has 11 nitrogen and oxygen atoms in total. The number of aliphatic hydroxyl groups excluding tert-OH is 1. The molecule has 1 aliphatic rings. The van der Waals surface area contributed by atoms with Crippen LogP contribution in [-0.4, -0.2) is 54.4 Å². The average molecular weight is 680 g/mol. The molecule has 208 valence electrons. The second kappa shape index (κ2) is 12.5. The first-order valence-electron chi connectivity index (χ1n) is 11.8. The number of Topliss-reactive ketones (excluding diaryl/α,β-unsaturated/α-hetero) is 2. The number of hydrogen-bond donors (Lipinski definition) is 2. The smallest absolute Gasteiger partial charge is 0.380 e. The standard InChI is InChI=1S/C24H29Br2N2O9P/c1-14(16(3)30)13-38(34,37-18-7-5-4-6-17(18)9-8-15(2)29)35-12-19-21(32)24(25,26)22(36-19)28-11-10-20(31)27-23(28)33/h4-7,10-11,14,19,21-22,32H,8-9,12-13H2,1-3H3,(H,27,31,33)/t14-,19-,21+,22-,38?/m1/s1. The molecule has 1 aliphatic heterocycles. The van der Waals surface area contributed by atoms with Crippen molar-refractivity contribution in [3.05, 3.63) is 62.9 Å². The number of nitrogens with zero attached hydrogens (tertiary/aromatic N) is 1. The summed E-state index contributed by atoms with van der Waals surface area (Å²) in [4.78, 5) is 49.4. The predicted octanol–water partition coefficient (Wildman–Crippen LogP) is 3.32. The van der Waals surface area contributed by atoms with Crippen molar-refractivity contribution in [2.24, 2.45) is 5.92 Å². The van der Waals surface area contributed by atoms with Gasteiger partial charge in [-0.05, 0) is 31.9 Å². The van der Waals surface area contributed by atoms with Crippen LogP contribution in [0, 0.1) is 5.92 Å². The lowest BCUT2D eigenvalue weighted by atomic mass is 10.1. The van der Waals surface area contributed by atoms with E-state index in [0.717, 1.165) is 10.6 Å². The summed E-state index contributed by atoms with van der Waals surface area (Å²) in [6, 6.07) is 7.93. The van der Waals surface area contributed by atoms with E-state index < -0.39 is 53.0 Å². The highest BCUT2D eigenvalue weighted by Gasteiger charge is 2.55. The molecule has 0 bridgehead atoms. The highest BCUT2D eigenvalue weighted by atomic mass is 79.9. The van der Waals surface area contributed by atoms with Gasteiger partial charge in [0.05, 0.1) is 12.8 Å². The van der Waals surface area contributed by atoms with Crippen molar-refractivity contribution in [1.82, 2.24) is 9.55 Å². The van der Waals surface area contributed by atoms with Gasteiger partial charge in [-0.1, -0.05) is 57.0 Å². The van der Waals surface area contributed by atoms with Crippen LogP contribution in [-0.2, 0) is 29.8 Å². The van der Waals surface area contributed by atoms with Gasteiger partial charge < -0.3 is 19.2 Å². The lowest BCUT2D eigenvalue weighted by Gasteiger charge is -2.25. The van der Waals surface area contributed by atoms with E-state index in [1.165, 1.54) is 20.0 Å². The van der Waals surface area contributed by atoms with E-state index in [1.54, 1.807) is 31.2 Å². The molecule has 0 spiro atoms. The molecule has 0 aliphatic carbocycles. The Kier molecular flexibility index (Phi) is 10.1. The fourth-order valence-electron chi connectivity index (χ4n) is 3.75. The number of aromatic nitrogens is 2. The zero-order valence-corrected chi connectivity index (χ0v) is 25.0. The number of hydrogen-bond acceptors (Lipinski definition) is 9. The van der Waals surface area contributed by atoms with Crippen LogP contribution in [0.1, 0.15) is 39.0 Å². The maximum atomic E-state index is 13.9. The summed E-state index contributed by atoms with van der Waals surface area (Å²) in [6.07, 6.45) is -1.88. The molecule has 0 radical (unpaired) electrons. The number of aliphatic hydroxyl groups is 1. The molecular weight excluding hydrogens is 651 g/mol. The molecule has 5 atom stereocenters. The Labute approximate surface area is 235 Å². The zero-order chi connectivity index (χ0) is 28.3. The number of alkyl halides is 2. The number of ether oxygens (including phenoxy) is 1. The Balaban J connectivity index is 1.84. The van der Waals surface area contributed by atoms with E-state index in [1.807, 2.05) is 0 Å². The van der Waals surface area contributed by atoms with Crippen molar-refractivity contribution in [3.8, 4) is 5.75 Å². The van der Waals surface area contributed by atoms with Crippen LogP contribution in [0.2, 0.25) is 0 Å². The molecule has 2 heterocycles. The third kappa shape index (κ3) is 7.40. The van der Waals surface area contributed by atoms with Crippen molar-refractivity contribution in [3.63, 3.8) is 0 Å². The molecule has 14 heteroatoms. The summed E-state index contributed by atoms with van der Waals surface area (Å²) in [5.41, 5.74) is -0.705. The third-order valence-electron chi connectivity index (χ3n) is 6.07. The van der Waals surface area contributed by atoms with Gasteiger partial charge in [0.25, 0.3) is 5.56 Å². The lowest BCUT2D eigenvalue weighted by molar-refractivity contribution is -0.120. The Hall–Kier alpha value is -1.89. The van der Waals surface area contributed by atoms with Crippen LogP contribution >= 0.6 is 39.5 Å². The molecule has 1 aromatic heterocycles. The van der Waals surface area contributed by atoms with Crippen LogP contribution in [0.15, 0.2) is 46.1 Å². The summed E-state index contributed by atoms with van der Waals surface area (Å²) in [6.45, 7) is 4.04. The Morgan fingerprint density at radius 1 is 1.24 bits per heavy atom. The summed E-state index contributed by atoms with van der Waals surface area (Å²) >= 11 is 6.68. The summed E-state index contributed by atoms with van der Waals surface area (Å²) in [5, 5.41) is 10.9. The summed E-state index contributed by atoms with van der Waals surface area (Å²) < 4.78 is 31.2. The van der Waals surface area contributed by atoms with Crippen LogP contribution in [0.5, 0.6) is 5.75 Å². The van der Waals surface area contributed by atoms with E-state index in [0.29, 0.717) is 12.0 Å². The number of carbonyl (C=O) groups excluding carboxylic acids is 2. The molecule has 38 heavy (non-hydrogen) atoms. The van der Waals surface area contributed by atoms with Gasteiger partial charge in [0.2, 0.25) is 0 Å². The molecule has 1 saturated heterocycles. The number of nitrogens with one attached hydrogen (secondary N) is 1. The molecule has 2 N–H and O–H groups in total. The minimum absolute atomic E-state index is 0.0130. The fourth-order valence-corrected chi connectivity index (χ4v) is 7.00. The number of carbonyl (C=O) groups is 2. The second-order valence-corrected chi connectivity index (χ2v) is 14.9. The second-order valence-electron chi connectivity index (χ2n) is 9.17. The monoisotopic (exact) mass is 678 g/mol. The molecule has 0 saturated carbocycles. The topological polar surface area (TPSA) is 154 Å². The normalized spacial score (nSPS) is 22.9. The van der Waals surface area contributed by atoms with E-state index >= 15 is 0 Å². The van der Waals surface area contributed by atoms with E-state index in [-0.39, 0.29) is 29.9 Å². The average Bonchev–Trinajstić information content (AvgIpc) is 3.05. The Morgan fingerprint density at radius 3 is 2.55 bits per heavy atom. The Morgan fingerprint density at radius 2 is 1.92 bits per heavy atom. The Bertz CT molecular complexity index is 1340. The number of halogens is 2. The third-order valence-corrected chi connectivity index (χ3v) is 9.80. The maximum Gasteiger partial charge on any atom is 0.380 e. The fraction of sp³-hybridized carbons (Fsp3) is 0.500. The van der Waals surface area contributed by atoms with E-state index in [9.17, 15) is 28.8 Å². The minimum atomic E-state index is -4.00. The van der Waals surface area contributed by atoms with Crippen molar-refractivity contribution in [2.75, 3.05) is 12.8 Å². The van der Waals surface area contributed by atoms with E-state index in [2.05, 4.69) is 36.8 Å². The first kappa shape index (κ1) is 30.6. The van der Waals surface area contributed by atoms with Gasteiger partial charge >= 0.3 is 13.3 Å². The van der Waals surface area contributed by atoms with Crippen LogP contribution in [0.25, 0.3) is 0 Å². The molecule has 1 aromatic carbocycles. The number of rotatable bonds is 12.